The summed E-state index contributed by atoms with van der Waals surface area (Å²) in [5.41, 5.74) is 0.922. The number of halogens is 5. The summed E-state index contributed by atoms with van der Waals surface area (Å²) < 4.78 is 72.4. The zero-order valence-electron chi connectivity index (χ0n) is 10.3. The van der Waals surface area contributed by atoms with Gasteiger partial charge in [0.05, 0.1) is 0 Å². The van der Waals surface area contributed by atoms with Gasteiger partial charge < -0.3 is 8.85 Å². The summed E-state index contributed by atoms with van der Waals surface area (Å²) in [4.78, 5) is 0. The molecule has 0 aliphatic carbocycles. The molecule has 114 valence electrons. The van der Waals surface area contributed by atoms with Crippen molar-refractivity contribution < 1.29 is 34.9 Å². The minimum atomic E-state index is -5.52. The van der Waals surface area contributed by atoms with Crippen molar-refractivity contribution in [2.75, 3.05) is 13.5 Å². The summed E-state index contributed by atoms with van der Waals surface area (Å²) in [6.07, 6.45) is -4.55. The van der Waals surface area contributed by atoms with E-state index in [-0.39, 0.29) is 13.0 Å². The molecule has 0 aromatic heterocycles. The highest BCUT2D eigenvalue weighted by atomic mass is 28.4. The Morgan fingerprint density at radius 3 is 2.25 bits per heavy atom. The van der Waals surface area contributed by atoms with Gasteiger partial charge in [-0.2, -0.15) is 0 Å². The Balaban J connectivity index is 2.39. The molecule has 1 unspecified atom stereocenters. The molecule has 20 heavy (non-hydrogen) atoms. The number of aryl methyl sites for hydroxylation is 1. The summed E-state index contributed by atoms with van der Waals surface area (Å²) >= 11 is 0. The molecule has 1 atom stereocenters. The lowest BCUT2D eigenvalue weighted by Crippen LogP contribution is -2.45. The third kappa shape index (κ3) is 6.94. The van der Waals surface area contributed by atoms with Gasteiger partial charge in [-0.05, 0) is 18.4 Å². The second kappa shape index (κ2) is 7.67. The fourth-order valence-corrected chi connectivity index (χ4v) is 2.42. The quantitative estimate of drug-likeness (QED) is 0.318. The van der Waals surface area contributed by atoms with E-state index in [9.17, 15) is 21.7 Å². The van der Waals surface area contributed by atoms with E-state index in [0.717, 1.165) is 5.56 Å². The van der Waals surface area contributed by atoms with E-state index >= 15 is 0 Å². The molecule has 0 radical (unpaired) electrons. The van der Waals surface area contributed by atoms with Crippen LogP contribution in [-0.2, 0) is 19.7 Å². The molecule has 0 fully saturated rings. The molecule has 0 amide bonds. The Kier molecular flexibility index (Phi) is 6.53. The first-order valence-corrected chi connectivity index (χ1v) is 7.28. The second-order valence-electron chi connectivity index (χ2n) is 3.72. The first kappa shape index (κ1) is 17.0. The standard InChI is InChI=1S/C11H13F5O3Si/c12-9-18-20(16,19-11(13,14)15)17-8-4-7-10-5-2-1-3-6-10/h1-3,5-6H,4,7-9H2. The van der Waals surface area contributed by atoms with E-state index in [4.69, 9.17) is 0 Å². The Bertz CT molecular complexity index is 389. The summed E-state index contributed by atoms with van der Waals surface area (Å²) in [5, 5.41) is 0. The van der Waals surface area contributed by atoms with Crippen LogP contribution < -0.4 is 0 Å². The molecule has 1 aromatic rings. The lowest BCUT2D eigenvalue weighted by Gasteiger charge is -2.20. The van der Waals surface area contributed by atoms with Crippen LogP contribution >= 0.6 is 0 Å². The lowest BCUT2D eigenvalue weighted by atomic mass is 10.1. The normalized spacial score (nSPS) is 15.1. The van der Waals surface area contributed by atoms with Crippen LogP contribution in [0.2, 0.25) is 0 Å². The summed E-state index contributed by atoms with van der Waals surface area (Å²) in [6.45, 7) is -2.12. The average molecular weight is 316 g/mol. The van der Waals surface area contributed by atoms with E-state index in [1.807, 2.05) is 18.2 Å². The Hall–Kier alpha value is -1.03. The van der Waals surface area contributed by atoms with Gasteiger partial charge in [0.1, 0.15) is 0 Å². The predicted molar refractivity (Wildman–Crippen MR) is 61.8 cm³/mol. The van der Waals surface area contributed by atoms with E-state index in [1.165, 1.54) is 0 Å². The van der Waals surface area contributed by atoms with Crippen molar-refractivity contribution >= 4 is 9.14 Å². The minimum absolute atomic E-state index is 0.250. The van der Waals surface area contributed by atoms with Crippen molar-refractivity contribution in [3.8, 4) is 0 Å². The van der Waals surface area contributed by atoms with Crippen LogP contribution in [0.15, 0.2) is 30.3 Å². The molecule has 1 aromatic carbocycles. The van der Waals surface area contributed by atoms with Gasteiger partial charge in [0, 0.05) is 6.61 Å². The van der Waals surface area contributed by atoms with E-state index in [0.29, 0.717) is 6.42 Å². The minimum Gasteiger partial charge on any atom is -0.348 e. The number of hydrogen-bond acceptors (Lipinski definition) is 3. The Morgan fingerprint density at radius 2 is 1.70 bits per heavy atom. The molecule has 0 bridgehead atoms. The van der Waals surface area contributed by atoms with E-state index in [1.54, 1.807) is 12.1 Å². The van der Waals surface area contributed by atoms with Gasteiger partial charge in [0.25, 0.3) is 0 Å². The van der Waals surface area contributed by atoms with E-state index in [2.05, 4.69) is 13.3 Å². The van der Waals surface area contributed by atoms with Crippen LogP contribution in [0.25, 0.3) is 0 Å². The predicted octanol–water partition coefficient (Wildman–Crippen LogP) is 3.52. The maximum atomic E-state index is 13.5. The monoisotopic (exact) mass is 316 g/mol. The number of alkyl halides is 4. The average Bonchev–Trinajstić information content (AvgIpc) is 2.34. The highest BCUT2D eigenvalue weighted by molar-refractivity contribution is 6.52. The van der Waals surface area contributed by atoms with Crippen LogP contribution in [-0.4, -0.2) is 29.0 Å². The molecular formula is C11H13F5O3Si. The van der Waals surface area contributed by atoms with Gasteiger partial charge in [-0.25, -0.2) is 8.50 Å². The van der Waals surface area contributed by atoms with Gasteiger partial charge >= 0.3 is 15.5 Å². The van der Waals surface area contributed by atoms with Gasteiger partial charge in [-0.1, -0.05) is 30.3 Å². The zero-order chi connectivity index (χ0) is 15.1. The van der Waals surface area contributed by atoms with Gasteiger partial charge in [0.15, 0.2) is 6.86 Å². The van der Waals surface area contributed by atoms with Crippen molar-refractivity contribution in [1.82, 2.24) is 0 Å². The van der Waals surface area contributed by atoms with Crippen molar-refractivity contribution in [3.05, 3.63) is 35.9 Å². The number of benzene rings is 1. The summed E-state index contributed by atoms with van der Waals surface area (Å²) in [7, 11) is -5.52. The van der Waals surface area contributed by atoms with Crippen LogP contribution in [0.4, 0.5) is 21.7 Å². The third-order valence-corrected chi connectivity index (χ3v) is 3.67. The smallest absolute Gasteiger partial charge is 0.348 e. The maximum Gasteiger partial charge on any atom is 0.728 e. The first-order valence-electron chi connectivity index (χ1n) is 5.68. The first-order chi connectivity index (χ1) is 9.35. The van der Waals surface area contributed by atoms with Crippen molar-refractivity contribution in [3.63, 3.8) is 0 Å². The summed E-state index contributed by atoms with van der Waals surface area (Å²) in [5.74, 6) is 0. The van der Waals surface area contributed by atoms with Crippen LogP contribution in [0.3, 0.4) is 0 Å². The van der Waals surface area contributed by atoms with Crippen molar-refractivity contribution in [2.45, 2.75) is 19.2 Å². The van der Waals surface area contributed by atoms with Crippen molar-refractivity contribution in [2.24, 2.45) is 0 Å². The molecular weight excluding hydrogens is 303 g/mol. The largest absolute Gasteiger partial charge is 0.728 e. The fraction of sp³-hybridized carbons (Fsp3) is 0.455. The number of rotatable bonds is 8. The molecule has 0 heterocycles. The maximum absolute atomic E-state index is 13.5. The lowest BCUT2D eigenvalue weighted by molar-refractivity contribution is -0.304. The van der Waals surface area contributed by atoms with Crippen LogP contribution in [0.1, 0.15) is 12.0 Å². The molecule has 0 aliphatic rings. The molecule has 1 rings (SSSR count). The Morgan fingerprint density at radius 1 is 1.05 bits per heavy atom. The highest BCUT2D eigenvalue weighted by Gasteiger charge is 2.54. The van der Waals surface area contributed by atoms with Crippen molar-refractivity contribution in [1.29, 1.82) is 0 Å². The highest BCUT2D eigenvalue weighted by Crippen LogP contribution is 2.25. The summed E-state index contributed by atoms with van der Waals surface area (Å²) in [6, 6.07) is 9.02. The molecule has 0 aliphatic heterocycles. The molecule has 0 saturated carbocycles. The number of hydrogen-bond donors (Lipinski definition) is 0. The molecule has 0 spiro atoms. The van der Waals surface area contributed by atoms with Crippen LogP contribution in [0.5, 0.6) is 0 Å². The van der Waals surface area contributed by atoms with Gasteiger partial charge in [0.2, 0.25) is 0 Å². The van der Waals surface area contributed by atoms with E-state index < -0.39 is 22.4 Å². The van der Waals surface area contributed by atoms with Gasteiger partial charge in [-0.15, -0.1) is 13.2 Å². The van der Waals surface area contributed by atoms with Gasteiger partial charge in [-0.3, -0.25) is 4.43 Å². The second-order valence-corrected chi connectivity index (χ2v) is 5.46. The fourth-order valence-electron chi connectivity index (χ4n) is 1.42. The SMILES string of the molecule is FCO[Si](F)(OCCCc1ccccc1)OC(F)(F)F. The zero-order valence-corrected chi connectivity index (χ0v) is 11.3. The Labute approximate surface area is 113 Å². The molecule has 0 N–H and O–H groups in total. The topological polar surface area (TPSA) is 27.7 Å². The molecule has 3 nitrogen and oxygen atoms in total. The molecule has 9 heteroatoms. The van der Waals surface area contributed by atoms with Crippen LogP contribution in [0, 0.1) is 0 Å². The third-order valence-electron chi connectivity index (χ3n) is 2.19. The molecule has 0 saturated heterocycles.